The van der Waals surface area contributed by atoms with Crippen molar-refractivity contribution in [3.63, 3.8) is 0 Å². The molecule has 1 heterocycles. The number of methoxy groups -OCH3 is 1. The van der Waals surface area contributed by atoms with Crippen molar-refractivity contribution in [2.45, 2.75) is 5.16 Å². The lowest BCUT2D eigenvalue weighted by Crippen LogP contribution is -2.22. The average Bonchev–Trinajstić information content (AvgIpc) is 2.61. The van der Waals surface area contributed by atoms with Gasteiger partial charge in [-0.3, -0.25) is 14.2 Å². The number of thioether (sulfide) groups is 1. The molecule has 0 saturated carbocycles. The van der Waals surface area contributed by atoms with E-state index in [4.69, 9.17) is 0 Å². The summed E-state index contributed by atoms with van der Waals surface area (Å²) in [6.45, 7) is 0. The fraction of sp³-hybridized carbons (Fsp3) is 0.118. The van der Waals surface area contributed by atoms with Gasteiger partial charge in [-0.2, -0.15) is 0 Å². The van der Waals surface area contributed by atoms with Gasteiger partial charge < -0.3 is 4.74 Å². The van der Waals surface area contributed by atoms with Gasteiger partial charge in [0, 0.05) is 0 Å². The van der Waals surface area contributed by atoms with E-state index in [1.165, 1.54) is 35.9 Å². The summed E-state index contributed by atoms with van der Waals surface area (Å²) in [5, 5.41) is 0.792. The summed E-state index contributed by atoms with van der Waals surface area (Å²) in [6, 6.07) is 12.5. The number of halogens is 1. The normalized spacial score (nSPS) is 10.8. The predicted octanol–water partition coefficient (Wildman–Crippen LogP) is 2.79. The second-order valence-electron chi connectivity index (χ2n) is 4.89. The van der Waals surface area contributed by atoms with Gasteiger partial charge in [0.25, 0.3) is 5.56 Å². The number of para-hydroxylation sites is 1. The molecule has 0 fully saturated rings. The molecular weight excluding hydrogens is 331 g/mol. The van der Waals surface area contributed by atoms with Crippen molar-refractivity contribution in [2.24, 2.45) is 0 Å². The maximum absolute atomic E-state index is 13.2. The van der Waals surface area contributed by atoms with Crippen LogP contribution in [0.15, 0.2) is 58.5 Å². The Morgan fingerprint density at radius 3 is 2.62 bits per heavy atom. The third-order valence-electron chi connectivity index (χ3n) is 3.38. The Balaban J connectivity index is 2.19. The van der Waals surface area contributed by atoms with Crippen LogP contribution in [0.3, 0.4) is 0 Å². The van der Waals surface area contributed by atoms with Crippen molar-refractivity contribution in [2.75, 3.05) is 12.9 Å². The monoisotopic (exact) mass is 344 g/mol. The second-order valence-corrected chi connectivity index (χ2v) is 5.84. The van der Waals surface area contributed by atoms with E-state index in [1.54, 1.807) is 24.3 Å². The van der Waals surface area contributed by atoms with Crippen LogP contribution in [0.2, 0.25) is 0 Å². The van der Waals surface area contributed by atoms with Crippen LogP contribution in [0.25, 0.3) is 16.6 Å². The van der Waals surface area contributed by atoms with Gasteiger partial charge >= 0.3 is 5.97 Å². The summed E-state index contributed by atoms with van der Waals surface area (Å²) in [5.41, 5.74) is 0.736. The van der Waals surface area contributed by atoms with Gasteiger partial charge in [-0.25, -0.2) is 9.37 Å². The lowest BCUT2D eigenvalue weighted by molar-refractivity contribution is -0.137. The van der Waals surface area contributed by atoms with Crippen molar-refractivity contribution in [1.29, 1.82) is 0 Å². The van der Waals surface area contributed by atoms with Gasteiger partial charge in [0.05, 0.1) is 29.5 Å². The maximum Gasteiger partial charge on any atom is 0.316 e. The zero-order chi connectivity index (χ0) is 17.1. The summed E-state index contributed by atoms with van der Waals surface area (Å²) in [4.78, 5) is 28.7. The minimum atomic E-state index is -0.423. The molecule has 0 unspecified atom stereocenters. The molecule has 2 aromatic carbocycles. The van der Waals surface area contributed by atoms with Crippen LogP contribution >= 0.6 is 11.8 Å². The number of aromatic nitrogens is 2. The van der Waals surface area contributed by atoms with Crippen LogP contribution in [-0.2, 0) is 9.53 Å². The van der Waals surface area contributed by atoms with Crippen LogP contribution in [0.1, 0.15) is 0 Å². The number of esters is 1. The number of nitrogens with zero attached hydrogens (tertiary/aromatic N) is 2. The van der Waals surface area contributed by atoms with Crippen molar-refractivity contribution in [3.8, 4) is 5.69 Å². The standard InChI is InChI=1S/C17H13FN2O3S/c1-23-15(21)10-24-17-19-14-5-3-2-4-13(14)16(22)20(17)12-8-6-11(18)7-9-12/h2-9H,10H2,1H3. The molecule has 0 amide bonds. The van der Waals surface area contributed by atoms with Crippen LogP contribution in [-0.4, -0.2) is 28.4 Å². The SMILES string of the molecule is COC(=O)CSc1nc2ccccc2c(=O)n1-c1ccc(F)cc1. The van der Waals surface area contributed by atoms with Crippen LogP contribution < -0.4 is 5.56 Å². The number of fused-ring (bicyclic) bond motifs is 1. The van der Waals surface area contributed by atoms with Gasteiger partial charge in [-0.15, -0.1) is 0 Å². The topological polar surface area (TPSA) is 61.2 Å². The number of ether oxygens (including phenoxy) is 1. The van der Waals surface area contributed by atoms with Crippen molar-refractivity contribution in [3.05, 3.63) is 64.7 Å². The average molecular weight is 344 g/mol. The molecule has 122 valence electrons. The molecular formula is C17H13FN2O3S. The molecule has 0 bridgehead atoms. The van der Waals surface area contributed by atoms with Crippen molar-refractivity contribution in [1.82, 2.24) is 9.55 Å². The largest absolute Gasteiger partial charge is 0.468 e. The van der Waals surface area contributed by atoms with Crippen LogP contribution in [0.4, 0.5) is 4.39 Å². The van der Waals surface area contributed by atoms with E-state index in [2.05, 4.69) is 9.72 Å². The van der Waals surface area contributed by atoms with Crippen molar-refractivity contribution >= 4 is 28.6 Å². The second kappa shape index (κ2) is 6.84. The molecule has 3 aromatic rings. The summed E-state index contributed by atoms with van der Waals surface area (Å²) in [5.74, 6) is -0.806. The minimum Gasteiger partial charge on any atom is -0.468 e. The number of rotatable bonds is 4. The fourth-order valence-corrected chi connectivity index (χ4v) is 3.05. The van der Waals surface area contributed by atoms with Crippen molar-refractivity contribution < 1.29 is 13.9 Å². The van der Waals surface area contributed by atoms with E-state index in [0.29, 0.717) is 21.7 Å². The molecule has 5 nitrogen and oxygen atoms in total. The predicted molar refractivity (Wildman–Crippen MR) is 90.0 cm³/mol. The van der Waals surface area contributed by atoms with E-state index in [0.717, 1.165) is 11.8 Å². The highest BCUT2D eigenvalue weighted by Gasteiger charge is 2.14. The van der Waals surface area contributed by atoms with E-state index in [1.807, 2.05) is 0 Å². The highest BCUT2D eigenvalue weighted by atomic mass is 32.2. The van der Waals surface area contributed by atoms with Gasteiger partial charge in [-0.1, -0.05) is 23.9 Å². The molecule has 7 heteroatoms. The number of hydrogen-bond acceptors (Lipinski definition) is 5. The first-order valence-electron chi connectivity index (χ1n) is 7.07. The smallest absolute Gasteiger partial charge is 0.316 e. The summed E-state index contributed by atoms with van der Waals surface area (Å²) in [7, 11) is 1.30. The number of carbonyl (C=O) groups excluding carboxylic acids is 1. The number of benzene rings is 2. The minimum absolute atomic E-state index is 0.0163. The molecule has 0 aliphatic heterocycles. The quantitative estimate of drug-likeness (QED) is 0.414. The summed E-state index contributed by atoms with van der Waals surface area (Å²) in [6.07, 6.45) is 0. The van der Waals surface area contributed by atoms with Crippen LogP contribution in [0.5, 0.6) is 0 Å². The highest BCUT2D eigenvalue weighted by Crippen LogP contribution is 2.21. The molecule has 0 spiro atoms. The van der Waals surface area contributed by atoms with E-state index in [9.17, 15) is 14.0 Å². The molecule has 0 saturated heterocycles. The van der Waals surface area contributed by atoms with Gasteiger partial charge in [0.15, 0.2) is 5.16 Å². The Morgan fingerprint density at radius 2 is 1.92 bits per heavy atom. The lowest BCUT2D eigenvalue weighted by atomic mass is 10.2. The van der Waals surface area contributed by atoms with E-state index in [-0.39, 0.29) is 11.3 Å². The molecule has 3 rings (SSSR count). The fourth-order valence-electron chi connectivity index (χ4n) is 2.21. The lowest BCUT2D eigenvalue weighted by Gasteiger charge is -2.12. The molecule has 0 aliphatic carbocycles. The molecule has 1 aromatic heterocycles. The first-order valence-corrected chi connectivity index (χ1v) is 8.06. The summed E-state index contributed by atoms with van der Waals surface area (Å²) >= 11 is 1.09. The van der Waals surface area contributed by atoms with E-state index >= 15 is 0 Å². The van der Waals surface area contributed by atoms with Gasteiger partial charge in [0.1, 0.15) is 5.82 Å². The number of hydrogen-bond donors (Lipinski definition) is 0. The van der Waals surface area contributed by atoms with Gasteiger partial charge in [-0.05, 0) is 36.4 Å². The third kappa shape index (κ3) is 3.16. The molecule has 24 heavy (non-hydrogen) atoms. The Hall–Kier alpha value is -2.67. The Bertz CT molecular complexity index is 954. The molecule has 0 radical (unpaired) electrons. The van der Waals surface area contributed by atoms with Crippen LogP contribution in [0, 0.1) is 5.82 Å². The Labute approximate surface area is 141 Å². The Morgan fingerprint density at radius 1 is 1.21 bits per heavy atom. The molecule has 0 N–H and O–H groups in total. The maximum atomic E-state index is 13.2. The summed E-state index contributed by atoms with van der Waals surface area (Å²) < 4.78 is 19.2. The number of carbonyl (C=O) groups is 1. The Kier molecular flexibility index (Phi) is 4.61. The third-order valence-corrected chi connectivity index (χ3v) is 4.29. The first kappa shape index (κ1) is 16.2. The molecule has 0 aliphatic rings. The zero-order valence-corrected chi connectivity index (χ0v) is 13.5. The highest BCUT2D eigenvalue weighted by molar-refractivity contribution is 7.99. The zero-order valence-electron chi connectivity index (χ0n) is 12.7. The first-order chi connectivity index (χ1) is 11.6. The molecule has 0 atom stereocenters. The van der Waals surface area contributed by atoms with E-state index < -0.39 is 11.8 Å². The van der Waals surface area contributed by atoms with Gasteiger partial charge in [0.2, 0.25) is 0 Å².